The van der Waals surface area contributed by atoms with Crippen molar-refractivity contribution >= 4 is 28.3 Å². The van der Waals surface area contributed by atoms with E-state index in [0.717, 1.165) is 16.3 Å². The number of carbonyl (C=O) groups excluding carboxylic acids is 2. The first kappa shape index (κ1) is 14.8. The second-order valence-corrected chi connectivity index (χ2v) is 5.19. The van der Waals surface area contributed by atoms with Crippen LogP contribution >= 0.6 is 0 Å². The molecule has 0 saturated carbocycles. The molecule has 0 radical (unpaired) electrons. The summed E-state index contributed by atoms with van der Waals surface area (Å²) in [7, 11) is 0. The molecule has 0 atom stereocenters. The van der Waals surface area contributed by atoms with E-state index in [1.165, 1.54) is 6.26 Å². The summed E-state index contributed by atoms with van der Waals surface area (Å²) in [5, 5.41) is 7.14. The topological polar surface area (TPSA) is 71.3 Å². The van der Waals surface area contributed by atoms with E-state index >= 15 is 0 Å². The van der Waals surface area contributed by atoms with Crippen molar-refractivity contribution in [3.63, 3.8) is 0 Å². The Morgan fingerprint density at radius 2 is 1.83 bits per heavy atom. The standard InChI is InChI=1S/C18H16N2O3/c1-12-8-9-13-5-2-3-7-15(13)16(12)20-18(22)17(21)19-11-14-6-4-10-23-14/h2-10H,11H2,1H3,(H,19,21)(H,20,22). The summed E-state index contributed by atoms with van der Waals surface area (Å²) in [6, 6.07) is 15.1. The van der Waals surface area contributed by atoms with Crippen LogP contribution in [0.3, 0.4) is 0 Å². The molecule has 0 aliphatic heterocycles. The molecule has 2 N–H and O–H groups in total. The van der Waals surface area contributed by atoms with E-state index in [-0.39, 0.29) is 6.54 Å². The van der Waals surface area contributed by atoms with Crippen LogP contribution < -0.4 is 10.6 Å². The second kappa shape index (κ2) is 6.36. The highest BCUT2D eigenvalue weighted by molar-refractivity contribution is 6.40. The minimum atomic E-state index is -0.700. The van der Waals surface area contributed by atoms with Gasteiger partial charge in [0.1, 0.15) is 5.76 Å². The van der Waals surface area contributed by atoms with Gasteiger partial charge >= 0.3 is 11.8 Å². The molecule has 3 rings (SSSR count). The van der Waals surface area contributed by atoms with Crippen LogP contribution in [0.2, 0.25) is 0 Å². The molecule has 1 heterocycles. The lowest BCUT2D eigenvalue weighted by Crippen LogP contribution is -2.35. The Kier molecular flexibility index (Phi) is 4.10. The van der Waals surface area contributed by atoms with Crippen LogP contribution in [-0.2, 0) is 16.1 Å². The zero-order valence-electron chi connectivity index (χ0n) is 12.6. The minimum Gasteiger partial charge on any atom is -0.467 e. The van der Waals surface area contributed by atoms with E-state index in [2.05, 4.69) is 10.6 Å². The van der Waals surface area contributed by atoms with E-state index in [1.54, 1.807) is 12.1 Å². The molecular weight excluding hydrogens is 292 g/mol. The summed E-state index contributed by atoms with van der Waals surface area (Å²) in [6.07, 6.45) is 1.51. The number of nitrogens with one attached hydrogen (secondary N) is 2. The monoisotopic (exact) mass is 308 g/mol. The van der Waals surface area contributed by atoms with E-state index in [1.807, 2.05) is 43.3 Å². The van der Waals surface area contributed by atoms with Gasteiger partial charge in [-0.25, -0.2) is 0 Å². The van der Waals surface area contributed by atoms with E-state index in [0.29, 0.717) is 11.4 Å². The summed E-state index contributed by atoms with van der Waals surface area (Å²) in [5.74, 6) is -0.808. The molecule has 2 aromatic carbocycles. The third-order valence-electron chi connectivity index (χ3n) is 3.59. The van der Waals surface area contributed by atoms with Crippen molar-refractivity contribution < 1.29 is 14.0 Å². The summed E-state index contributed by atoms with van der Waals surface area (Å²) >= 11 is 0. The van der Waals surface area contributed by atoms with Crippen LogP contribution in [0.4, 0.5) is 5.69 Å². The van der Waals surface area contributed by atoms with Crippen molar-refractivity contribution in [2.24, 2.45) is 0 Å². The maximum Gasteiger partial charge on any atom is 0.313 e. The number of hydrogen-bond donors (Lipinski definition) is 2. The SMILES string of the molecule is Cc1ccc2ccccc2c1NC(=O)C(=O)NCc1ccco1. The Labute approximate surface area is 133 Å². The predicted molar refractivity (Wildman–Crippen MR) is 87.9 cm³/mol. The van der Waals surface area contributed by atoms with Crippen LogP contribution in [0.5, 0.6) is 0 Å². The molecule has 0 bridgehead atoms. The number of amides is 2. The number of benzene rings is 2. The van der Waals surface area contributed by atoms with E-state index in [9.17, 15) is 9.59 Å². The lowest BCUT2D eigenvalue weighted by Gasteiger charge is -2.11. The zero-order chi connectivity index (χ0) is 16.2. The first-order valence-corrected chi connectivity index (χ1v) is 7.25. The molecule has 0 spiro atoms. The van der Waals surface area contributed by atoms with Gasteiger partial charge in [-0.2, -0.15) is 0 Å². The maximum absolute atomic E-state index is 12.1. The van der Waals surface area contributed by atoms with E-state index < -0.39 is 11.8 Å². The lowest BCUT2D eigenvalue weighted by atomic mass is 10.0. The van der Waals surface area contributed by atoms with Crippen LogP contribution in [0.1, 0.15) is 11.3 Å². The normalized spacial score (nSPS) is 10.5. The van der Waals surface area contributed by atoms with Gasteiger partial charge in [0.05, 0.1) is 18.5 Å². The van der Waals surface area contributed by atoms with Crippen molar-refractivity contribution in [1.29, 1.82) is 0 Å². The summed E-state index contributed by atoms with van der Waals surface area (Å²) in [4.78, 5) is 24.0. The molecule has 0 saturated heterocycles. The fraction of sp³-hybridized carbons (Fsp3) is 0.111. The molecule has 5 heteroatoms. The van der Waals surface area contributed by atoms with Crippen LogP contribution in [0.15, 0.2) is 59.2 Å². The van der Waals surface area contributed by atoms with Gasteiger partial charge in [0.25, 0.3) is 0 Å². The molecule has 5 nitrogen and oxygen atoms in total. The van der Waals surface area contributed by atoms with Gasteiger partial charge in [0, 0.05) is 5.39 Å². The van der Waals surface area contributed by atoms with Gasteiger partial charge in [-0.15, -0.1) is 0 Å². The molecule has 0 aliphatic carbocycles. The summed E-state index contributed by atoms with van der Waals surface area (Å²) in [6.45, 7) is 2.07. The molecule has 0 aliphatic rings. The summed E-state index contributed by atoms with van der Waals surface area (Å²) in [5.41, 5.74) is 1.55. The molecule has 0 unspecified atom stereocenters. The van der Waals surface area contributed by atoms with Gasteiger partial charge in [0.2, 0.25) is 0 Å². The Morgan fingerprint density at radius 1 is 1.00 bits per heavy atom. The first-order valence-electron chi connectivity index (χ1n) is 7.25. The fourth-order valence-electron chi connectivity index (χ4n) is 2.38. The van der Waals surface area contributed by atoms with Crippen molar-refractivity contribution in [2.75, 3.05) is 5.32 Å². The number of fused-ring (bicyclic) bond motifs is 1. The van der Waals surface area contributed by atoms with Crippen molar-refractivity contribution in [1.82, 2.24) is 5.32 Å². The zero-order valence-corrected chi connectivity index (χ0v) is 12.6. The lowest BCUT2D eigenvalue weighted by molar-refractivity contribution is -0.136. The Hall–Kier alpha value is -3.08. The number of aryl methyl sites for hydroxylation is 1. The number of furan rings is 1. The second-order valence-electron chi connectivity index (χ2n) is 5.19. The largest absolute Gasteiger partial charge is 0.467 e. The average Bonchev–Trinajstić information content (AvgIpc) is 3.08. The third-order valence-corrected chi connectivity index (χ3v) is 3.59. The highest BCUT2D eigenvalue weighted by Gasteiger charge is 2.16. The van der Waals surface area contributed by atoms with Gasteiger partial charge in [-0.05, 0) is 30.0 Å². The average molecular weight is 308 g/mol. The molecule has 116 valence electrons. The minimum absolute atomic E-state index is 0.174. The number of carbonyl (C=O) groups is 2. The van der Waals surface area contributed by atoms with Crippen molar-refractivity contribution in [2.45, 2.75) is 13.5 Å². The molecule has 1 aromatic heterocycles. The highest BCUT2D eigenvalue weighted by atomic mass is 16.3. The first-order chi connectivity index (χ1) is 11.1. The molecule has 2 amide bonds. The van der Waals surface area contributed by atoms with Crippen molar-refractivity contribution in [3.8, 4) is 0 Å². The number of rotatable bonds is 3. The van der Waals surface area contributed by atoms with Gasteiger partial charge in [0.15, 0.2) is 0 Å². The highest BCUT2D eigenvalue weighted by Crippen LogP contribution is 2.26. The Bertz CT molecular complexity index is 854. The van der Waals surface area contributed by atoms with Crippen LogP contribution in [0.25, 0.3) is 10.8 Å². The predicted octanol–water partition coefficient (Wildman–Crippen LogP) is 3.00. The van der Waals surface area contributed by atoms with Crippen molar-refractivity contribution in [3.05, 3.63) is 66.1 Å². The third kappa shape index (κ3) is 3.23. The Balaban J connectivity index is 1.75. The molecule has 3 aromatic rings. The van der Waals surface area contributed by atoms with Crippen LogP contribution in [-0.4, -0.2) is 11.8 Å². The fourth-order valence-corrected chi connectivity index (χ4v) is 2.38. The van der Waals surface area contributed by atoms with Crippen LogP contribution in [0, 0.1) is 6.92 Å². The maximum atomic E-state index is 12.1. The number of anilines is 1. The van der Waals surface area contributed by atoms with Gasteiger partial charge in [-0.1, -0.05) is 36.4 Å². The quantitative estimate of drug-likeness (QED) is 0.731. The van der Waals surface area contributed by atoms with Gasteiger partial charge in [-0.3, -0.25) is 9.59 Å². The van der Waals surface area contributed by atoms with E-state index in [4.69, 9.17) is 4.42 Å². The number of hydrogen-bond acceptors (Lipinski definition) is 3. The molecule has 23 heavy (non-hydrogen) atoms. The van der Waals surface area contributed by atoms with Gasteiger partial charge < -0.3 is 15.1 Å². The summed E-state index contributed by atoms with van der Waals surface area (Å²) < 4.78 is 5.11. The Morgan fingerprint density at radius 3 is 2.61 bits per heavy atom. The molecular formula is C18H16N2O3. The molecule has 0 fully saturated rings. The smallest absolute Gasteiger partial charge is 0.313 e.